The fourth-order valence-corrected chi connectivity index (χ4v) is 4.25. The van der Waals surface area contributed by atoms with Gasteiger partial charge in [0, 0.05) is 18.7 Å². The summed E-state index contributed by atoms with van der Waals surface area (Å²) >= 11 is 0. The van der Waals surface area contributed by atoms with Crippen molar-refractivity contribution >= 4 is 11.9 Å². The van der Waals surface area contributed by atoms with Gasteiger partial charge in [0.15, 0.2) is 0 Å². The van der Waals surface area contributed by atoms with E-state index in [1.54, 1.807) is 13.1 Å². The Bertz CT molecular complexity index is 879. The number of hydrogen-bond donors (Lipinski definition) is 1. The molecule has 0 aliphatic carbocycles. The van der Waals surface area contributed by atoms with Gasteiger partial charge in [0.25, 0.3) is 0 Å². The molecule has 0 unspecified atom stereocenters. The molecule has 0 saturated carbocycles. The Morgan fingerprint density at radius 3 is 2.67 bits per heavy atom. The van der Waals surface area contributed by atoms with Gasteiger partial charge in [-0.2, -0.15) is 5.10 Å². The minimum absolute atomic E-state index is 0.143. The van der Waals surface area contributed by atoms with Gasteiger partial charge in [0.05, 0.1) is 24.8 Å². The lowest BCUT2D eigenvalue weighted by Crippen LogP contribution is -2.49. The first kappa shape index (κ1) is 22.0. The van der Waals surface area contributed by atoms with Crippen molar-refractivity contribution < 1.29 is 19.1 Å². The maximum Gasteiger partial charge on any atom is 0.356 e. The number of carbonyl (C=O) groups is 2. The smallest absolute Gasteiger partial charge is 0.356 e. The molecule has 2 aromatic rings. The fourth-order valence-electron chi connectivity index (χ4n) is 4.25. The molecule has 1 saturated heterocycles. The Morgan fingerprint density at radius 2 is 1.93 bits per heavy atom. The summed E-state index contributed by atoms with van der Waals surface area (Å²) in [4.78, 5) is 27.5. The number of aromatic nitrogens is 2. The van der Waals surface area contributed by atoms with E-state index in [1.807, 2.05) is 19.1 Å². The molecule has 0 radical (unpaired) electrons. The minimum Gasteiger partial charge on any atom is -0.466 e. The monoisotopic (exact) mass is 413 g/mol. The zero-order valence-electron chi connectivity index (χ0n) is 18.1. The van der Waals surface area contributed by atoms with Gasteiger partial charge < -0.3 is 9.47 Å². The van der Waals surface area contributed by atoms with Crippen molar-refractivity contribution in [2.75, 3.05) is 26.3 Å². The van der Waals surface area contributed by atoms with Crippen LogP contribution in [0.5, 0.6) is 0 Å². The van der Waals surface area contributed by atoms with Crippen LogP contribution < -0.4 is 0 Å². The molecule has 30 heavy (non-hydrogen) atoms. The number of benzene rings is 1. The molecule has 0 spiro atoms. The number of carbonyl (C=O) groups excluding carboxylic acids is 2. The molecule has 1 N–H and O–H groups in total. The number of rotatable bonds is 8. The van der Waals surface area contributed by atoms with Crippen LogP contribution in [-0.4, -0.2) is 53.3 Å². The van der Waals surface area contributed by atoms with Crippen LogP contribution in [0.1, 0.15) is 53.9 Å². The number of piperidine rings is 1. The maximum absolute atomic E-state index is 13.1. The van der Waals surface area contributed by atoms with Crippen LogP contribution in [-0.2, 0) is 27.2 Å². The standard InChI is InChI=1S/C23H31N3O4/c1-4-29-21(27)20-19(14-24-25-20)15-26-12-8-11-23(16-26,22(28)30-5-2)13-18-10-7-6-9-17(18)3/h6-7,9-10,14H,4-5,8,11-13,15-16H2,1-3H3,(H,24,25)/t23-/m1/s1. The number of hydrogen-bond acceptors (Lipinski definition) is 6. The Labute approximate surface area is 177 Å². The van der Waals surface area contributed by atoms with E-state index >= 15 is 0 Å². The number of likely N-dealkylation sites (tertiary alicyclic amines) is 1. The Balaban J connectivity index is 1.82. The summed E-state index contributed by atoms with van der Waals surface area (Å²) in [7, 11) is 0. The van der Waals surface area contributed by atoms with Crippen LogP contribution in [0, 0.1) is 12.3 Å². The molecular formula is C23H31N3O4. The lowest BCUT2D eigenvalue weighted by atomic mass is 9.74. The molecule has 1 aliphatic rings. The van der Waals surface area contributed by atoms with Crippen molar-refractivity contribution in [3.63, 3.8) is 0 Å². The zero-order chi connectivity index (χ0) is 21.6. The molecule has 2 heterocycles. The molecule has 3 rings (SSSR count). The molecule has 1 fully saturated rings. The Hall–Kier alpha value is -2.67. The highest BCUT2D eigenvalue weighted by Gasteiger charge is 2.44. The van der Waals surface area contributed by atoms with Gasteiger partial charge in [-0.1, -0.05) is 24.3 Å². The maximum atomic E-state index is 13.1. The molecular weight excluding hydrogens is 382 g/mol. The SMILES string of the molecule is CCOC(=O)c1[nH]ncc1CN1CCC[C@](Cc2ccccc2C)(C(=O)OCC)C1. The average molecular weight is 414 g/mol. The second-order valence-electron chi connectivity index (χ2n) is 7.91. The number of aryl methyl sites for hydroxylation is 1. The summed E-state index contributed by atoms with van der Waals surface area (Å²) in [5, 5.41) is 6.78. The highest BCUT2D eigenvalue weighted by atomic mass is 16.5. The van der Waals surface area contributed by atoms with E-state index in [9.17, 15) is 9.59 Å². The predicted octanol–water partition coefficient (Wildman–Crippen LogP) is 3.28. The van der Waals surface area contributed by atoms with E-state index in [2.05, 4.69) is 34.2 Å². The third-order valence-electron chi connectivity index (χ3n) is 5.75. The van der Waals surface area contributed by atoms with E-state index < -0.39 is 11.4 Å². The summed E-state index contributed by atoms with van der Waals surface area (Å²) in [6.45, 7) is 8.32. The quantitative estimate of drug-likeness (QED) is 0.669. The van der Waals surface area contributed by atoms with Crippen molar-refractivity contribution in [3.05, 3.63) is 52.8 Å². The average Bonchev–Trinajstić information content (AvgIpc) is 3.18. The summed E-state index contributed by atoms with van der Waals surface area (Å²) in [5.41, 5.74) is 2.90. The first-order chi connectivity index (χ1) is 14.5. The molecule has 0 amide bonds. The van der Waals surface area contributed by atoms with E-state index in [-0.39, 0.29) is 5.97 Å². The largest absolute Gasteiger partial charge is 0.466 e. The number of ether oxygens (including phenoxy) is 2. The van der Waals surface area contributed by atoms with Gasteiger partial charge in [0.1, 0.15) is 5.69 Å². The van der Waals surface area contributed by atoms with Gasteiger partial charge in [-0.3, -0.25) is 14.8 Å². The van der Waals surface area contributed by atoms with Crippen LogP contribution in [0.3, 0.4) is 0 Å². The van der Waals surface area contributed by atoms with Crippen molar-refractivity contribution in [2.45, 2.75) is 46.6 Å². The zero-order valence-corrected chi connectivity index (χ0v) is 18.1. The van der Waals surface area contributed by atoms with Crippen molar-refractivity contribution in [2.24, 2.45) is 5.41 Å². The second-order valence-corrected chi connectivity index (χ2v) is 7.91. The van der Waals surface area contributed by atoms with Gasteiger partial charge in [-0.15, -0.1) is 0 Å². The summed E-state index contributed by atoms with van der Waals surface area (Å²) in [6.07, 6.45) is 3.98. The molecule has 1 aromatic heterocycles. The number of nitrogens with one attached hydrogen (secondary N) is 1. The third kappa shape index (κ3) is 4.90. The Morgan fingerprint density at radius 1 is 1.17 bits per heavy atom. The molecule has 7 heteroatoms. The summed E-state index contributed by atoms with van der Waals surface area (Å²) < 4.78 is 10.6. The highest BCUT2D eigenvalue weighted by Crippen LogP contribution is 2.36. The van der Waals surface area contributed by atoms with Crippen LogP contribution in [0.25, 0.3) is 0 Å². The van der Waals surface area contributed by atoms with E-state index in [0.717, 1.165) is 24.9 Å². The van der Waals surface area contributed by atoms with Crippen molar-refractivity contribution in [1.29, 1.82) is 0 Å². The predicted molar refractivity (Wildman–Crippen MR) is 113 cm³/mol. The Kier molecular flexibility index (Phi) is 7.26. The number of aromatic amines is 1. The minimum atomic E-state index is -0.603. The lowest BCUT2D eigenvalue weighted by Gasteiger charge is -2.41. The molecule has 7 nitrogen and oxygen atoms in total. The number of nitrogens with zero attached hydrogens (tertiary/aromatic N) is 2. The van der Waals surface area contributed by atoms with Crippen molar-refractivity contribution in [1.82, 2.24) is 15.1 Å². The topological polar surface area (TPSA) is 84.5 Å². The van der Waals surface area contributed by atoms with Crippen molar-refractivity contribution in [3.8, 4) is 0 Å². The second kappa shape index (κ2) is 9.89. The van der Waals surface area contributed by atoms with E-state index in [0.29, 0.717) is 38.4 Å². The molecule has 0 bridgehead atoms. The first-order valence-electron chi connectivity index (χ1n) is 10.6. The summed E-state index contributed by atoms with van der Waals surface area (Å²) in [6, 6.07) is 8.19. The number of H-pyrrole nitrogens is 1. The fraction of sp³-hybridized carbons (Fsp3) is 0.522. The first-order valence-corrected chi connectivity index (χ1v) is 10.6. The van der Waals surface area contributed by atoms with Crippen LogP contribution in [0.4, 0.5) is 0 Å². The molecule has 1 aliphatic heterocycles. The van der Waals surface area contributed by atoms with Crippen LogP contribution in [0.15, 0.2) is 30.5 Å². The van der Waals surface area contributed by atoms with E-state index in [4.69, 9.17) is 9.47 Å². The normalized spacial score (nSPS) is 19.4. The lowest BCUT2D eigenvalue weighted by molar-refractivity contribution is -0.159. The van der Waals surface area contributed by atoms with Gasteiger partial charge in [-0.05, 0) is 57.7 Å². The number of esters is 2. The van der Waals surface area contributed by atoms with Gasteiger partial charge in [0.2, 0.25) is 0 Å². The summed E-state index contributed by atoms with van der Waals surface area (Å²) in [5.74, 6) is -0.547. The molecule has 1 atom stereocenters. The highest BCUT2D eigenvalue weighted by molar-refractivity contribution is 5.88. The van der Waals surface area contributed by atoms with E-state index in [1.165, 1.54) is 11.1 Å². The van der Waals surface area contributed by atoms with Crippen LogP contribution >= 0.6 is 0 Å². The van der Waals surface area contributed by atoms with Gasteiger partial charge in [-0.25, -0.2) is 4.79 Å². The molecule has 162 valence electrons. The third-order valence-corrected chi connectivity index (χ3v) is 5.75. The molecule has 1 aromatic carbocycles. The van der Waals surface area contributed by atoms with Crippen LogP contribution in [0.2, 0.25) is 0 Å². The van der Waals surface area contributed by atoms with Gasteiger partial charge >= 0.3 is 11.9 Å².